The van der Waals surface area contributed by atoms with Crippen LogP contribution >= 0.6 is 10.2 Å². The minimum Gasteiger partial charge on any atom is -0.228 e. The molecule has 3 nitrogen and oxygen atoms in total. The molecule has 26 heavy (non-hydrogen) atoms. The lowest BCUT2D eigenvalue weighted by Crippen LogP contribution is -2.11. The van der Waals surface area contributed by atoms with Gasteiger partial charge in [0.2, 0.25) is 0 Å². The molecule has 0 radical (unpaired) electrons. The first kappa shape index (κ1) is 20.2. The van der Waals surface area contributed by atoms with Gasteiger partial charge in [-0.05, 0) is 31.5 Å². The summed E-state index contributed by atoms with van der Waals surface area (Å²) >= 11 is 0. The van der Waals surface area contributed by atoms with Crippen molar-refractivity contribution >= 4 is 16.4 Å². The maximum Gasteiger partial charge on any atom is 0.416 e. The van der Waals surface area contributed by atoms with Crippen LogP contribution in [0.4, 0.5) is 32.6 Å². The summed E-state index contributed by atoms with van der Waals surface area (Å²) in [5.74, 6) is -0.542. The summed E-state index contributed by atoms with van der Waals surface area (Å²) < 4.78 is 105. The number of allylic oxidation sites excluding steroid dienone is 1. The van der Waals surface area contributed by atoms with E-state index in [0.717, 1.165) is 16.6 Å². The molecule has 1 aromatic carbocycles. The molecule has 0 N–H and O–H groups in total. The van der Waals surface area contributed by atoms with Gasteiger partial charge in [0.05, 0.1) is 5.56 Å². The highest BCUT2D eigenvalue weighted by molar-refractivity contribution is 8.45. The Balaban J connectivity index is 2.67. The number of aromatic nitrogens is 3. The first-order chi connectivity index (χ1) is 11.5. The molecule has 146 valence electrons. The summed E-state index contributed by atoms with van der Waals surface area (Å²) in [6.45, 7) is 3.54. The van der Waals surface area contributed by atoms with Crippen LogP contribution in [0.2, 0.25) is 0 Å². The Kier molecular flexibility index (Phi) is 4.23. The molecule has 0 aliphatic carbocycles. The van der Waals surface area contributed by atoms with Crippen LogP contribution in [0.1, 0.15) is 25.8 Å². The van der Waals surface area contributed by atoms with E-state index in [0.29, 0.717) is 12.5 Å². The van der Waals surface area contributed by atoms with E-state index in [-0.39, 0.29) is 6.07 Å². The van der Waals surface area contributed by atoms with E-state index in [1.54, 1.807) is 6.92 Å². The van der Waals surface area contributed by atoms with Gasteiger partial charge < -0.3 is 0 Å². The van der Waals surface area contributed by atoms with Gasteiger partial charge in [0.15, 0.2) is 5.82 Å². The molecule has 1 heterocycles. The Morgan fingerprint density at radius 1 is 1.12 bits per heavy atom. The molecule has 0 aliphatic rings. The molecule has 12 heteroatoms. The summed E-state index contributed by atoms with van der Waals surface area (Å²) in [5, 5.41) is 3.72. The van der Waals surface area contributed by atoms with Gasteiger partial charge in [0.25, 0.3) is 0 Å². The summed E-state index contributed by atoms with van der Waals surface area (Å²) in [6, 6.07) is -0.390. The summed E-state index contributed by atoms with van der Waals surface area (Å²) in [6.07, 6.45) is -2.13. The average molecular weight is 407 g/mol. The van der Waals surface area contributed by atoms with Crippen molar-refractivity contribution in [1.82, 2.24) is 14.8 Å². The van der Waals surface area contributed by atoms with Crippen molar-refractivity contribution < 1.29 is 32.6 Å². The highest BCUT2D eigenvalue weighted by atomic mass is 32.5. The largest absolute Gasteiger partial charge is 0.416 e. The van der Waals surface area contributed by atoms with Gasteiger partial charge in [-0.25, -0.2) is 9.67 Å². The highest BCUT2D eigenvalue weighted by Gasteiger charge is 2.66. The lowest BCUT2D eigenvalue weighted by atomic mass is 10.1. The van der Waals surface area contributed by atoms with E-state index in [2.05, 4.69) is 10.1 Å². The van der Waals surface area contributed by atoms with Crippen LogP contribution in [0.25, 0.3) is 17.6 Å². The minimum absolute atomic E-state index is 0.0765. The van der Waals surface area contributed by atoms with Crippen molar-refractivity contribution in [3.63, 3.8) is 0 Å². The maximum absolute atomic E-state index is 13.0. The van der Waals surface area contributed by atoms with Crippen molar-refractivity contribution in [3.8, 4) is 11.4 Å². The standard InChI is InChI=1S/C14H13F8N3S/c1-3-9(2)7-25-8-23-13(24-25)10-4-11(14(15,16)17)6-12(5-10)26(18,19,20,21)22/h4-8H,3H2,1-2H3/b9-7-. The van der Waals surface area contributed by atoms with E-state index < -0.39 is 44.3 Å². The maximum atomic E-state index is 13.0. The molecule has 0 bridgehead atoms. The average Bonchev–Trinajstić information content (AvgIpc) is 2.92. The molecule has 0 aliphatic heterocycles. The monoisotopic (exact) mass is 407 g/mol. The van der Waals surface area contributed by atoms with Crippen molar-refractivity contribution in [3.05, 3.63) is 35.7 Å². The van der Waals surface area contributed by atoms with E-state index in [9.17, 15) is 32.6 Å². The second-order valence-corrected chi connectivity index (χ2v) is 8.00. The quantitative estimate of drug-likeness (QED) is 0.517. The van der Waals surface area contributed by atoms with Crippen LogP contribution in [0, 0.1) is 0 Å². The Bertz CT molecular complexity index is 865. The SMILES string of the molecule is CC/C(C)=C\n1cnc(-c2cc(C(F)(F)F)cc(S(F)(F)(F)(F)F)c2)n1. The van der Waals surface area contributed by atoms with Gasteiger partial charge in [0, 0.05) is 11.8 Å². The van der Waals surface area contributed by atoms with Crippen molar-refractivity contribution in [2.45, 2.75) is 31.3 Å². The number of nitrogens with zero attached hydrogens (tertiary/aromatic N) is 3. The number of rotatable bonds is 4. The van der Waals surface area contributed by atoms with E-state index in [4.69, 9.17) is 0 Å². The van der Waals surface area contributed by atoms with Crippen molar-refractivity contribution in [1.29, 1.82) is 0 Å². The van der Waals surface area contributed by atoms with Crippen molar-refractivity contribution in [2.24, 2.45) is 0 Å². The third-order valence-electron chi connectivity index (χ3n) is 3.36. The Morgan fingerprint density at radius 2 is 1.73 bits per heavy atom. The summed E-state index contributed by atoms with van der Waals surface area (Å²) in [7, 11) is -10.3. The van der Waals surface area contributed by atoms with Gasteiger partial charge in [-0.1, -0.05) is 31.9 Å². The fourth-order valence-corrected chi connectivity index (χ4v) is 2.60. The molecule has 1 aromatic heterocycles. The molecule has 0 atom stereocenters. The topological polar surface area (TPSA) is 30.7 Å². The van der Waals surface area contributed by atoms with E-state index in [1.807, 2.05) is 6.92 Å². The number of halogens is 8. The third kappa shape index (κ3) is 4.74. The molecule has 0 unspecified atom stereocenters. The van der Waals surface area contributed by atoms with Gasteiger partial charge in [-0.2, -0.15) is 13.2 Å². The highest BCUT2D eigenvalue weighted by Crippen LogP contribution is 3.02. The lowest BCUT2D eigenvalue weighted by molar-refractivity contribution is -0.137. The van der Waals surface area contributed by atoms with Gasteiger partial charge in [0.1, 0.15) is 11.2 Å². The number of benzene rings is 1. The first-order valence-electron chi connectivity index (χ1n) is 7.05. The second kappa shape index (κ2) is 5.44. The van der Waals surface area contributed by atoms with Crippen LogP contribution in [-0.4, -0.2) is 14.8 Å². The number of hydrogen-bond donors (Lipinski definition) is 0. The molecule has 0 amide bonds. The zero-order valence-corrected chi connectivity index (χ0v) is 14.2. The van der Waals surface area contributed by atoms with Crippen LogP contribution < -0.4 is 0 Å². The van der Waals surface area contributed by atoms with Gasteiger partial charge in [-0.3, -0.25) is 0 Å². The molecule has 2 rings (SSSR count). The van der Waals surface area contributed by atoms with Crippen LogP contribution in [0.3, 0.4) is 0 Å². The fraction of sp³-hybridized carbons (Fsp3) is 0.286. The normalized spacial score (nSPS) is 16.3. The predicted octanol–water partition coefficient (Wildman–Crippen LogP) is 6.89. The van der Waals surface area contributed by atoms with Crippen LogP contribution in [0.15, 0.2) is 35.0 Å². The Morgan fingerprint density at radius 3 is 2.23 bits per heavy atom. The summed E-state index contributed by atoms with van der Waals surface area (Å²) in [5.41, 5.74) is -1.88. The second-order valence-electron chi connectivity index (χ2n) is 5.59. The van der Waals surface area contributed by atoms with Crippen molar-refractivity contribution in [2.75, 3.05) is 0 Å². The number of hydrogen-bond acceptors (Lipinski definition) is 2. The Hall–Kier alpha value is -2.11. The lowest BCUT2D eigenvalue weighted by Gasteiger charge is -2.40. The minimum atomic E-state index is -10.3. The zero-order chi connectivity index (χ0) is 20.0. The van der Waals surface area contributed by atoms with Crippen LogP contribution in [0.5, 0.6) is 0 Å². The molecule has 0 saturated heterocycles. The molecule has 0 saturated carbocycles. The molecular weight excluding hydrogens is 394 g/mol. The molecule has 0 spiro atoms. The predicted molar refractivity (Wildman–Crippen MR) is 82.1 cm³/mol. The Labute approximate surface area is 143 Å². The third-order valence-corrected chi connectivity index (χ3v) is 4.48. The molecular formula is C14H13F8N3S. The van der Waals surface area contributed by atoms with Crippen LogP contribution in [-0.2, 0) is 6.18 Å². The van der Waals surface area contributed by atoms with E-state index >= 15 is 0 Å². The van der Waals surface area contributed by atoms with Gasteiger partial charge in [-0.15, -0.1) is 5.10 Å². The first-order valence-corrected chi connectivity index (χ1v) is 9.00. The fourth-order valence-electron chi connectivity index (χ4n) is 1.90. The zero-order valence-electron chi connectivity index (χ0n) is 13.4. The summed E-state index contributed by atoms with van der Waals surface area (Å²) in [4.78, 5) is 0.960. The smallest absolute Gasteiger partial charge is 0.228 e. The molecule has 2 aromatic rings. The van der Waals surface area contributed by atoms with E-state index in [1.165, 1.54) is 6.20 Å². The number of alkyl halides is 3. The van der Waals surface area contributed by atoms with Gasteiger partial charge >= 0.3 is 16.4 Å². The molecule has 0 fully saturated rings.